The Kier molecular flexibility index (Phi) is 6.42. The van der Waals surface area contributed by atoms with Crippen LogP contribution in [0, 0.1) is 13.8 Å². The van der Waals surface area contributed by atoms with Gasteiger partial charge in [0.05, 0.1) is 12.6 Å². The first-order chi connectivity index (χ1) is 13.4. The number of aryl methyl sites for hydroxylation is 2. The number of rotatable bonds is 7. The monoisotopic (exact) mass is 390 g/mol. The number of anilines is 2. The standard InChI is InChI=1S/C18H26N6O4/c1-4-14(18(26)20-16-10-13(3)28-22-16)24-7-5-23(6-8-24)11-17(25)19-15-9-12(2)27-21-15/h9-10,14H,4-8,11H2,1-3H3,(H,19,21,25)(H,20,22,26). The van der Waals surface area contributed by atoms with Gasteiger partial charge in [0.25, 0.3) is 0 Å². The van der Waals surface area contributed by atoms with E-state index in [-0.39, 0.29) is 24.4 Å². The lowest BCUT2D eigenvalue weighted by atomic mass is 10.1. The molecule has 1 unspecified atom stereocenters. The Morgan fingerprint density at radius 3 is 2.11 bits per heavy atom. The van der Waals surface area contributed by atoms with E-state index in [2.05, 4.69) is 30.7 Å². The zero-order valence-corrected chi connectivity index (χ0v) is 16.4. The van der Waals surface area contributed by atoms with E-state index in [9.17, 15) is 9.59 Å². The first-order valence-electron chi connectivity index (χ1n) is 9.38. The summed E-state index contributed by atoms with van der Waals surface area (Å²) in [7, 11) is 0. The van der Waals surface area contributed by atoms with Crippen LogP contribution in [0.3, 0.4) is 0 Å². The summed E-state index contributed by atoms with van der Waals surface area (Å²) >= 11 is 0. The fourth-order valence-electron chi connectivity index (χ4n) is 3.29. The van der Waals surface area contributed by atoms with Gasteiger partial charge in [0.2, 0.25) is 11.8 Å². The third-order valence-corrected chi connectivity index (χ3v) is 4.68. The molecular weight excluding hydrogens is 364 g/mol. The van der Waals surface area contributed by atoms with Crippen molar-refractivity contribution in [1.82, 2.24) is 20.1 Å². The van der Waals surface area contributed by atoms with E-state index in [0.717, 1.165) is 0 Å². The number of carbonyl (C=O) groups is 2. The molecule has 3 heterocycles. The molecule has 1 saturated heterocycles. The normalized spacial score (nSPS) is 16.7. The van der Waals surface area contributed by atoms with Crippen molar-refractivity contribution in [3.8, 4) is 0 Å². The lowest BCUT2D eigenvalue weighted by molar-refractivity contribution is -0.123. The van der Waals surface area contributed by atoms with E-state index in [1.54, 1.807) is 26.0 Å². The number of piperazine rings is 1. The van der Waals surface area contributed by atoms with Gasteiger partial charge in [-0.2, -0.15) is 0 Å². The van der Waals surface area contributed by atoms with Crippen LogP contribution in [-0.2, 0) is 9.59 Å². The highest BCUT2D eigenvalue weighted by Crippen LogP contribution is 2.14. The first-order valence-corrected chi connectivity index (χ1v) is 9.38. The largest absolute Gasteiger partial charge is 0.360 e. The predicted molar refractivity (Wildman–Crippen MR) is 102 cm³/mol. The third kappa shape index (κ3) is 5.17. The molecule has 1 aliphatic heterocycles. The van der Waals surface area contributed by atoms with Crippen molar-refractivity contribution >= 4 is 23.5 Å². The van der Waals surface area contributed by atoms with Gasteiger partial charge in [-0.3, -0.25) is 19.4 Å². The Balaban J connectivity index is 1.46. The molecule has 0 aromatic carbocycles. The Morgan fingerprint density at radius 1 is 1.04 bits per heavy atom. The molecule has 3 rings (SSSR count). The van der Waals surface area contributed by atoms with Crippen molar-refractivity contribution < 1.29 is 18.6 Å². The van der Waals surface area contributed by atoms with Crippen LogP contribution in [-0.4, -0.2) is 70.7 Å². The molecule has 0 aliphatic carbocycles. The summed E-state index contributed by atoms with van der Waals surface area (Å²) in [5.74, 6) is 1.92. The Hall–Kier alpha value is -2.72. The maximum atomic E-state index is 12.6. The highest BCUT2D eigenvalue weighted by Gasteiger charge is 2.28. The second kappa shape index (κ2) is 8.98. The summed E-state index contributed by atoms with van der Waals surface area (Å²) in [4.78, 5) is 28.9. The molecule has 1 aliphatic rings. The molecule has 10 heteroatoms. The average Bonchev–Trinajstić information content (AvgIpc) is 3.24. The summed E-state index contributed by atoms with van der Waals surface area (Å²) in [5, 5.41) is 13.1. The summed E-state index contributed by atoms with van der Waals surface area (Å²) in [6, 6.07) is 3.12. The van der Waals surface area contributed by atoms with Crippen LogP contribution < -0.4 is 10.6 Å². The van der Waals surface area contributed by atoms with Crippen LogP contribution in [0.1, 0.15) is 24.9 Å². The SMILES string of the molecule is CCC(C(=O)Nc1cc(C)on1)N1CCN(CC(=O)Nc2cc(C)on2)CC1. The van der Waals surface area contributed by atoms with Gasteiger partial charge in [-0.25, -0.2) is 0 Å². The molecule has 0 bridgehead atoms. The predicted octanol–water partition coefficient (Wildman–Crippen LogP) is 1.25. The Morgan fingerprint density at radius 2 is 1.61 bits per heavy atom. The van der Waals surface area contributed by atoms with Gasteiger partial charge in [-0.1, -0.05) is 17.2 Å². The molecule has 2 aromatic rings. The minimum atomic E-state index is -0.244. The molecular formula is C18H26N6O4. The molecule has 152 valence electrons. The first kappa shape index (κ1) is 20.0. The molecule has 2 N–H and O–H groups in total. The second-order valence-electron chi connectivity index (χ2n) is 6.92. The Bertz CT molecular complexity index is 809. The smallest absolute Gasteiger partial charge is 0.242 e. The van der Waals surface area contributed by atoms with Gasteiger partial charge in [0, 0.05) is 38.3 Å². The van der Waals surface area contributed by atoms with Crippen LogP contribution in [0.5, 0.6) is 0 Å². The van der Waals surface area contributed by atoms with E-state index in [0.29, 0.717) is 55.8 Å². The molecule has 28 heavy (non-hydrogen) atoms. The van der Waals surface area contributed by atoms with Gasteiger partial charge >= 0.3 is 0 Å². The summed E-state index contributed by atoms with van der Waals surface area (Å²) < 4.78 is 9.93. The van der Waals surface area contributed by atoms with Crippen molar-refractivity contribution in [3.63, 3.8) is 0 Å². The van der Waals surface area contributed by atoms with E-state index < -0.39 is 0 Å². The highest BCUT2D eigenvalue weighted by molar-refractivity contribution is 5.94. The van der Waals surface area contributed by atoms with E-state index in [1.165, 1.54) is 0 Å². The number of hydrogen-bond acceptors (Lipinski definition) is 8. The van der Waals surface area contributed by atoms with Gasteiger partial charge < -0.3 is 19.7 Å². The van der Waals surface area contributed by atoms with Gasteiger partial charge in [0.1, 0.15) is 11.5 Å². The van der Waals surface area contributed by atoms with Crippen LogP contribution >= 0.6 is 0 Å². The van der Waals surface area contributed by atoms with Crippen LogP contribution in [0.2, 0.25) is 0 Å². The molecule has 1 atom stereocenters. The topological polar surface area (TPSA) is 117 Å². The number of hydrogen-bond donors (Lipinski definition) is 2. The molecule has 2 aromatic heterocycles. The molecule has 1 fully saturated rings. The molecule has 0 saturated carbocycles. The minimum absolute atomic E-state index is 0.0941. The average molecular weight is 390 g/mol. The quantitative estimate of drug-likeness (QED) is 0.726. The van der Waals surface area contributed by atoms with Crippen LogP contribution in [0.15, 0.2) is 21.2 Å². The maximum Gasteiger partial charge on any atom is 0.242 e. The van der Waals surface area contributed by atoms with Crippen molar-refractivity contribution in [3.05, 3.63) is 23.7 Å². The summed E-state index contributed by atoms with van der Waals surface area (Å²) in [6.07, 6.45) is 0.689. The summed E-state index contributed by atoms with van der Waals surface area (Å²) in [5.41, 5.74) is 0. The number of aromatic nitrogens is 2. The maximum absolute atomic E-state index is 12.6. The van der Waals surface area contributed by atoms with E-state index in [4.69, 9.17) is 9.05 Å². The zero-order chi connectivity index (χ0) is 20.1. The van der Waals surface area contributed by atoms with Crippen molar-refractivity contribution in [2.75, 3.05) is 43.4 Å². The zero-order valence-electron chi connectivity index (χ0n) is 16.4. The minimum Gasteiger partial charge on any atom is -0.360 e. The van der Waals surface area contributed by atoms with E-state index in [1.807, 2.05) is 6.92 Å². The highest BCUT2D eigenvalue weighted by atomic mass is 16.5. The summed E-state index contributed by atoms with van der Waals surface area (Å²) in [6.45, 7) is 8.64. The molecule has 10 nitrogen and oxygen atoms in total. The number of nitrogens with one attached hydrogen (secondary N) is 2. The van der Waals surface area contributed by atoms with E-state index >= 15 is 0 Å². The number of amides is 2. The molecule has 0 spiro atoms. The van der Waals surface area contributed by atoms with Crippen molar-refractivity contribution in [1.29, 1.82) is 0 Å². The van der Waals surface area contributed by atoms with Gasteiger partial charge in [-0.15, -0.1) is 0 Å². The number of carbonyl (C=O) groups excluding carboxylic acids is 2. The number of nitrogens with zero attached hydrogens (tertiary/aromatic N) is 4. The second-order valence-corrected chi connectivity index (χ2v) is 6.92. The van der Waals surface area contributed by atoms with Crippen molar-refractivity contribution in [2.24, 2.45) is 0 Å². The van der Waals surface area contributed by atoms with Crippen molar-refractivity contribution in [2.45, 2.75) is 33.2 Å². The fourth-order valence-corrected chi connectivity index (χ4v) is 3.29. The van der Waals surface area contributed by atoms with Crippen LogP contribution in [0.4, 0.5) is 11.6 Å². The Labute approximate surface area is 163 Å². The fraction of sp³-hybridized carbons (Fsp3) is 0.556. The molecule has 0 radical (unpaired) electrons. The van der Waals surface area contributed by atoms with Crippen LogP contribution in [0.25, 0.3) is 0 Å². The van der Waals surface area contributed by atoms with Gasteiger partial charge in [-0.05, 0) is 20.3 Å². The lowest BCUT2D eigenvalue weighted by Gasteiger charge is -2.37. The molecule has 2 amide bonds. The van der Waals surface area contributed by atoms with Gasteiger partial charge in [0.15, 0.2) is 11.6 Å². The lowest BCUT2D eigenvalue weighted by Crippen LogP contribution is -2.54. The third-order valence-electron chi connectivity index (χ3n) is 4.68.